The molecule has 0 saturated carbocycles. The number of halogens is 3. The molecule has 0 spiro atoms. The normalized spacial score (nSPS) is 26.8. The van der Waals surface area contributed by atoms with E-state index in [1.807, 2.05) is 18.2 Å². The highest BCUT2D eigenvalue weighted by molar-refractivity contribution is 5.29. The molecule has 0 aliphatic carbocycles. The molecule has 30 heavy (non-hydrogen) atoms. The molecule has 2 aliphatic heterocycles. The first-order valence-electron chi connectivity index (χ1n) is 10.5. The van der Waals surface area contributed by atoms with Crippen molar-refractivity contribution >= 4 is 0 Å². The quantitative estimate of drug-likeness (QED) is 0.609. The Morgan fingerprint density at radius 1 is 0.833 bits per heavy atom. The molecular weight excluding hydrogens is 393 g/mol. The summed E-state index contributed by atoms with van der Waals surface area (Å²) in [6.07, 6.45) is 1.40. The first kappa shape index (κ1) is 21.2. The summed E-state index contributed by atoms with van der Waals surface area (Å²) in [7, 11) is 1.67. The molecule has 0 aromatic heterocycles. The molecule has 4 rings (SSSR count). The summed E-state index contributed by atoms with van der Waals surface area (Å²) in [5, 5.41) is 0. The predicted octanol–water partition coefficient (Wildman–Crippen LogP) is 5.59. The zero-order valence-electron chi connectivity index (χ0n) is 17.0. The monoisotopic (exact) mass is 420 g/mol. The van der Waals surface area contributed by atoms with Crippen molar-refractivity contribution in [3.05, 3.63) is 65.2 Å². The number of rotatable bonds is 6. The summed E-state index contributed by atoms with van der Waals surface area (Å²) in [6, 6.07) is 13.5. The van der Waals surface area contributed by atoms with Crippen molar-refractivity contribution in [2.24, 2.45) is 0 Å². The molecule has 0 bridgehead atoms. The third kappa shape index (κ3) is 5.16. The van der Waals surface area contributed by atoms with E-state index in [9.17, 15) is 13.2 Å². The lowest BCUT2D eigenvalue weighted by Crippen LogP contribution is -2.27. The van der Waals surface area contributed by atoms with Gasteiger partial charge in [-0.2, -0.15) is 13.2 Å². The Bertz CT molecular complexity index is 834. The molecule has 6 heteroatoms. The van der Waals surface area contributed by atoms with Gasteiger partial charge >= 0.3 is 6.18 Å². The van der Waals surface area contributed by atoms with Crippen molar-refractivity contribution in [1.82, 2.24) is 0 Å². The van der Waals surface area contributed by atoms with Crippen LogP contribution in [0.15, 0.2) is 48.5 Å². The minimum atomic E-state index is -4.30. The molecule has 0 unspecified atom stereocenters. The van der Waals surface area contributed by atoms with E-state index in [1.165, 1.54) is 5.56 Å². The molecule has 2 aliphatic rings. The molecule has 162 valence electrons. The van der Waals surface area contributed by atoms with Crippen LogP contribution in [0.5, 0.6) is 5.75 Å². The summed E-state index contributed by atoms with van der Waals surface area (Å²) >= 11 is 0. The van der Waals surface area contributed by atoms with E-state index in [0.717, 1.165) is 55.5 Å². The maximum Gasteiger partial charge on any atom is 0.416 e. The third-order valence-electron chi connectivity index (χ3n) is 6.04. The summed E-state index contributed by atoms with van der Waals surface area (Å²) in [5.74, 6) is 0.854. The van der Waals surface area contributed by atoms with Gasteiger partial charge in [-0.3, -0.25) is 0 Å². The summed E-state index contributed by atoms with van der Waals surface area (Å²) in [6.45, 7) is 0. The molecule has 0 radical (unpaired) electrons. The van der Waals surface area contributed by atoms with Gasteiger partial charge in [-0.15, -0.1) is 0 Å². The summed E-state index contributed by atoms with van der Waals surface area (Å²) in [4.78, 5) is 0. The van der Waals surface area contributed by atoms with Crippen LogP contribution in [0, 0.1) is 0 Å². The van der Waals surface area contributed by atoms with Gasteiger partial charge in [0.2, 0.25) is 0 Å². The van der Waals surface area contributed by atoms with E-state index >= 15 is 0 Å². The van der Waals surface area contributed by atoms with E-state index in [0.29, 0.717) is 6.42 Å². The van der Waals surface area contributed by atoms with Gasteiger partial charge in [-0.1, -0.05) is 24.3 Å². The Hall–Kier alpha value is -2.05. The second kappa shape index (κ2) is 8.98. The van der Waals surface area contributed by atoms with Crippen molar-refractivity contribution in [2.75, 3.05) is 7.11 Å². The van der Waals surface area contributed by atoms with Crippen LogP contribution in [-0.4, -0.2) is 31.5 Å². The highest BCUT2D eigenvalue weighted by atomic mass is 19.4. The molecule has 2 aromatic rings. The van der Waals surface area contributed by atoms with Gasteiger partial charge < -0.3 is 14.2 Å². The molecule has 0 amide bonds. The Kier molecular flexibility index (Phi) is 6.34. The van der Waals surface area contributed by atoms with Crippen LogP contribution in [0.4, 0.5) is 13.2 Å². The van der Waals surface area contributed by atoms with Gasteiger partial charge in [0.1, 0.15) is 5.75 Å². The standard InChI is InChI=1S/C24H27F3O3/c1-28-19-4-2-3-17(14-19)15-21-10-12-23(30-21)22-11-9-20(29-22)13-16-5-7-18(8-6-16)24(25,26)27/h2-8,14,20-23H,9-13,15H2,1H3/t20-,21-,22-,23-/m1/s1. The molecule has 2 fully saturated rings. The Morgan fingerprint density at radius 2 is 1.43 bits per heavy atom. The SMILES string of the molecule is COc1cccc(C[C@H]2CC[C@H]([C@H]3CC[C@H](Cc4ccc(C(F)(F)F)cc4)O3)O2)c1. The number of alkyl halides is 3. The third-order valence-corrected chi connectivity index (χ3v) is 6.04. The Labute approximate surface area is 175 Å². The average Bonchev–Trinajstić information content (AvgIpc) is 3.37. The molecular formula is C24H27F3O3. The second-order valence-corrected chi connectivity index (χ2v) is 8.20. The zero-order chi connectivity index (χ0) is 21.1. The van der Waals surface area contributed by atoms with Crippen molar-refractivity contribution in [3.63, 3.8) is 0 Å². The first-order chi connectivity index (χ1) is 14.4. The Balaban J connectivity index is 1.26. The molecule has 4 atom stereocenters. The van der Waals surface area contributed by atoms with E-state index in [2.05, 4.69) is 6.07 Å². The minimum Gasteiger partial charge on any atom is -0.497 e. The van der Waals surface area contributed by atoms with E-state index in [1.54, 1.807) is 19.2 Å². The van der Waals surface area contributed by atoms with Crippen LogP contribution in [-0.2, 0) is 28.5 Å². The first-order valence-corrected chi connectivity index (χ1v) is 10.5. The number of methoxy groups -OCH3 is 1. The van der Waals surface area contributed by atoms with Gasteiger partial charge in [0.15, 0.2) is 0 Å². The van der Waals surface area contributed by atoms with Gasteiger partial charge in [0.25, 0.3) is 0 Å². The summed E-state index contributed by atoms with van der Waals surface area (Å²) in [5.41, 5.74) is 1.46. The maximum absolute atomic E-state index is 12.7. The van der Waals surface area contributed by atoms with Gasteiger partial charge in [0, 0.05) is 0 Å². The van der Waals surface area contributed by atoms with Crippen LogP contribution in [0.25, 0.3) is 0 Å². The van der Waals surface area contributed by atoms with Crippen LogP contribution < -0.4 is 4.74 Å². The van der Waals surface area contributed by atoms with E-state index < -0.39 is 11.7 Å². The number of ether oxygens (including phenoxy) is 3. The lowest BCUT2D eigenvalue weighted by Gasteiger charge is -2.21. The molecule has 2 heterocycles. The molecule has 2 aromatic carbocycles. The fourth-order valence-corrected chi connectivity index (χ4v) is 4.47. The average molecular weight is 420 g/mol. The predicted molar refractivity (Wildman–Crippen MR) is 108 cm³/mol. The highest BCUT2D eigenvalue weighted by Crippen LogP contribution is 2.34. The summed E-state index contributed by atoms with van der Waals surface area (Å²) < 4.78 is 55.9. The molecule has 0 N–H and O–H groups in total. The molecule has 3 nitrogen and oxygen atoms in total. The lowest BCUT2D eigenvalue weighted by atomic mass is 10.0. The Morgan fingerprint density at radius 3 is 2.00 bits per heavy atom. The van der Waals surface area contributed by atoms with Crippen molar-refractivity contribution in [2.45, 2.75) is 69.1 Å². The van der Waals surface area contributed by atoms with Gasteiger partial charge in [0.05, 0.1) is 37.1 Å². The largest absolute Gasteiger partial charge is 0.497 e. The van der Waals surface area contributed by atoms with Crippen molar-refractivity contribution in [3.8, 4) is 5.75 Å². The van der Waals surface area contributed by atoms with Crippen LogP contribution in [0.2, 0.25) is 0 Å². The topological polar surface area (TPSA) is 27.7 Å². The van der Waals surface area contributed by atoms with E-state index in [4.69, 9.17) is 14.2 Å². The highest BCUT2D eigenvalue weighted by Gasteiger charge is 2.37. The number of hydrogen-bond acceptors (Lipinski definition) is 3. The lowest BCUT2D eigenvalue weighted by molar-refractivity contribution is -0.137. The number of hydrogen-bond donors (Lipinski definition) is 0. The number of benzene rings is 2. The zero-order valence-corrected chi connectivity index (χ0v) is 17.0. The maximum atomic E-state index is 12.7. The minimum absolute atomic E-state index is 0.0350. The van der Waals surface area contributed by atoms with Crippen LogP contribution in [0.3, 0.4) is 0 Å². The van der Waals surface area contributed by atoms with E-state index in [-0.39, 0.29) is 24.4 Å². The fourth-order valence-electron chi connectivity index (χ4n) is 4.47. The van der Waals surface area contributed by atoms with Crippen molar-refractivity contribution < 1.29 is 27.4 Å². The van der Waals surface area contributed by atoms with Crippen LogP contribution >= 0.6 is 0 Å². The van der Waals surface area contributed by atoms with Gasteiger partial charge in [-0.25, -0.2) is 0 Å². The van der Waals surface area contributed by atoms with Gasteiger partial charge in [-0.05, 0) is 73.9 Å². The van der Waals surface area contributed by atoms with Crippen molar-refractivity contribution in [1.29, 1.82) is 0 Å². The second-order valence-electron chi connectivity index (χ2n) is 8.20. The molecule has 2 saturated heterocycles. The fraction of sp³-hybridized carbons (Fsp3) is 0.500. The smallest absolute Gasteiger partial charge is 0.416 e. The van der Waals surface area contributed by atoms with Crippen LogP contribution in [0.1, 0.15) is 42.4 Å².